The van der Waals surface area contributed by atoms with Crippen molar-refractivity contribution in [2.75, 3.05) is 0 Å². The van der Waals surface area contributed by atoms with Gasteiger partial charge in [0.2, 0.25) is 0 Å². The summed E-state index contributed by atoms with van der Waals surface area (Å²) in [6.45, 7) is 0. The number of hydrogen-bond donors (Lipinski definition) is 0. The maximum Gasteiger partial charge on any atom is 0.167 e. The molecule has 90 valence electrons. The van der Waals surface area contributed by atoms with E-state index in [9.17, 15) is 14.0 Å². The van der Waals surface area contributed by atoms with Crippen molar-refractivity contribution in [3.8, 4) is 0 Å². The Balaban J connectivity index is 2.21. The number of carbonyl (C=O) groups excluding carboxylic acids is 2. The summed E-state index contributed by atoms with van der Waals surface area (Å²) in [5.41, 5.74) is 0.464. The van der Waals surface area contributed by atoms with Crippen LogP contribution in [0.25, 0.3) is 0 Å². The monoisotopic (exact) mass is 298 g/mol. The van der Waals surface area contributed by atoms with Crippen molar-refractivity contribution in [2.24, 2.45) is 5.92 Å². The zero-order valence-corrected chi connectivity index (χ0v) is 10.8. The molecule has 0 spiro atoms. The molecule has 1 aliphatic carbocycles. The van der Waals surface area contributed by atoms with Gasteiger partial charge in [-0.1, -0.05) is 0 Å². The predicted molar refractivity (Wildman–Crippen MR) is 65.4 cm³/mol. The molecule has 1 atom stereocenters. The second-order valence-electron chi connectivity index (χ2n) is 4.32. The van der Waals surface area contributed by atoms with Crippen LogP contribution < -0.4 is 0 Å². The van der Waals surface area contributed by atoms with Crippen LogP contribution in [0, 0.1) is 11.7 Å². The first kappa shape index (κ1) is 12.4. The first-order valence-electron chi connectivity index (χ1n) is 5.59. The molecule has 2 nitrogen and oxygen atoms in total. The van der Waals surface area contributed by atoms with E-state index in [-0.39, 0.29) is 23.3 Å². The number of benzene rings is 1. The maximum atomic E-state index is 12.9. The van der Waals surface area contributed by atoms with Crippen LogP contribution in [0.15, 0.2) is 22.7 Å². The Bertz CT molecular complexity index is 470. The minimum Gasteiger partial charge on any atom is -0.300 e. The van der Waals surface area contributed by atoms with E-state index in [0.29, 0.717) is 22.9 Å². The van der Waals surface area contributed by atoms with Crippen molar-refractivity contribution >= 4 is 27.5 Å². The summed E-state index contributed by atoms with van der Waals surface area (Å²) in [5, 5.41) is 0. The maximum absolute atomic E-state index is 12.9. The van der Waals surface area contributed by atoms with E-state index in [0.717, 1.165) is 12.8 Å². The molecule has 0 saturated heterocycles. The van der Waals surface area contributed by atoms with E-state index >= 15 is 0 Å². The normalized spacial score (nSPS) is 20.4. The number of Topliss-reactive ketones (excluding diaryl/α,β-unsaturated/α-hetero) is 2. The summed E-state index contributed by atoms with van der Waals surface area (Å²) in [5.74, 6) is -0.538. The number of carbonyl (C=O) groups is 2. The molecule has 0 aliphatic heterocycles. The molecule has 1 unspecified atom stereocenters. The lowest BCUT2D eigenvalue weighted by atomic mass is 9.83. The van der Waals surface area contributed by atoms with Crippen molar-refractivity contribution < 1.29 is 14.0 Å². The average molecular weight is 299 g/mol. The zero-order valence-electron chi connectivity index (χ0n) is 9.21. The van der Waals surface area contributed by atoms with E-state index in [1.807, 2.05) is 0 Å². The Morgan fingerprint density at radius 1 is 1.41 bits per heavy atom. The van der Waals surface area contributed by atoms with Crippen LogP contribution in [-0.2, 0) is 4.79 Å². The molecule has 0 N–H and O–H groups in total. The highest BCUT2D eigenvalue weighted by molar-refractivity contribution is 9.10. The molecule has 0 radical (unpaired) electrons. The van der Waals surface area contributed by atoms with E-state index in [4.69, 9.17) is 0 Å². The molecule has 0 amide bonds. The van der Waals surface area contributed by atoms with Crippen molar-refractivity contribution in [3.63, 3.8) is 0 Å². The fraction of sp³-hybridized carbons (Fsp3) is 0.385. The highest BCUT2D eigenvalue weighted by atomic mass is 79.9. The molecule has 1 fully saturated rings. The van der Waals surface area contributed by atoms with Crippen molar-refractivity contribution in [1.29, 1.82) is 0 Å². The Labute approximate surface area is 107 Å². The van der Waals surface area contributed by atoms with Gasteiger partial charge >= 0.3 is 0 Å². The van der Waals surface area contributed by atoms with Gasteiger partial charge in [0, 0.05) is 28.8 Å². The third-order valence-corrected chi connectivity index (χ3v) is 3.71. The number of hydrogen-bond acceptors (Lipinski definition) is 2. The second-order valence-corrected chi connectivity index (χ2v) is 5.17. The van der Waals surface area contributed by atoms with Gasteiger partial charge in [-0.15, -0.1) is 0 Å². The van der Waals surface area contributed by atoms with Gasteiger partial charge in [-0.3, -0.25) is 9.59 Å². The van der Waals surface area contributed by atoms with Crippen LogP contribution in [0.3, 0.4) is 0 Å². The molecular formula is C13H12BrFO2. The van der Waals surface area contributed by atoms with Crippen LogP contribution in [0.4, 0.5) is 4.39 Å². The lowest BCUT2D eigenvalue weighted by Gasteiger charge is -2.20. The largest absolute Gasteiger partial charge is 0.300 e. The quantitative estimate of drug-likeness (QED) is 0.783. The summed E-state index contributed by atoms with van der Waals surface area (Å²) in [6.07, 6.45) is 2.42. The summed E-state index contributed by atoms with van der Waals surface area (Å²) in [6, 6.07) is 4.02. The molecule has 0 heterocycles. The predicted octanol–water partition coefficient (Wildman–Crippen LogP) is 3.53. The van der Waals surface area contributed by atoms with Gasteiger partial charge in [0.1, 0.15) is 11.6 Å². The molecule has 0 bridgehead atoms. The minimum atomic E-state index is -0.381. The molecule has 0 aromatic heterocycles. The Morgan fingerprint density at radius 3 is 2.82 bits per heavy atom. The fourth-order valence-corrected chi connectivity index (χ4v) is 2.70. The topological polar surface area (TPSA) is 34.1 Å². The Morgan fingerprint density at radius 2 is 2.18 bits per heavy atom. The smallest absolute Gasteiger partial charge is 0.167 e. The molecule has 2 rings (SSSR count). The molecule has 1 aromatic rings. The van der Waals surface area contributed by atoms with Crippen molar-refractivity contribution in [3.05, 3.63) is 34.1 Å². The van der Waals surface area contributed by atoms with Gasteiger partial charge in [0.05, 0.1) is 0 Å². The van der Waals surface area contributed by atoms with Crippen LogP contribution in [0.1, 0.15) is 36.0 Å². The summed E-state index contributed by atoms with van der Waals surface area (Å²) in [4.78, 5) is 23.5. The Hall–Kier alpha value is -1.03. The second kappa shape index (κ2) is 5.08. The fourth-order valence-electron chi connectivity index (χ4n) is 2.16. The standard InChI is InChI=1S/C13H12BrFO2/c14-12-7-9(15)4-5-11(12)13(17)8-2-1-3-10(16)6-8/h4-5,7-8H,1-3,6H2. The zero-order chi connectivity index (χ0) is 12.4. The van der Waals surface area contributed by atoms with Crippen LogP contribution in [0.2, 0.25) is 0 Å². The molecular weight excluding hydrogens is 287 g/mol. The van der Waals surface area contributed by atoms with Gasteiger partial charge in [-0.05, 0) is 47.0 Å². The lowest BCUT2D eigenvalue weighted by molar-refractivity contribution is -0.121. The SMILES string of the molecule is O=C1CCCC(C(=O)c2ccc(F)cc2Br)C1. The van der Waals surface area contributed by atoms with E-state index < -0.39 is 0 Å². The lowest BCUT2D eigenvalue weighted by Crippen LogP contribution is -2.23. The van der Waals surface area contributed by atoms with Gasteiger partial charge in [0.25, 0.3) is 0 Å². The molecule has 1 aliphatic rings. The van der Waals surface area contributed by atoms with E-state index in [2.05, 4.69) is 15.9 Å². The third kappa shape index (κ3) is 2.80. The summed E-state index contributed by atoms with van der Waals surface area (Å²) in [7, 11) is 0. The number of rotatable bonds is 2. The summed E-state index contributed by atoms with van der Waals surface area (Å²) < 4.78 is 13.4. The van der Waals surface area contributed by atoms with Crippen LogP contribution in [-0.4, -0.2) is 11.6 Å². The molecule has 4 heteroatoms. The van der Waals surface area contributed by atoms with E-state index in [1.54, 1.807) is 0 Å². The number of halogens is 2. The average Bonchev–Trinajstić information content (AvgIpc) is 2.28. The van der Waals surface area contributed by atoms with Crippen LogP contribution in [0.5, 0.6) is 0 Å². The van der Waals surface area contributed by atoms with E-state index in [1.165, 1.54) is 18.2 Å². The van der Waals surface area contributed by atoms with Crippen molar-refractivity contribution in [2.45, 2.75) is 25.7 Å². The highest BCUT2D eigenvalue weighted by Crippen LogP contribution is 2.28. The molecule has 1 aromatic carbocycles. The first-order chi connectivity index (χ1) is 8.08. The molecule has 17 heavy (non-hydrogen) atoms. The number of ketones is 2. The van der Waals surface area contributed by atoms with Gasteiger partial charge in [-0.25, -0.2) is 4.39 Å². The van der Waals surface area contributed by atoms with Gasteiger partial charge < -0.3 is 0 Å². The van der Waals surface area contributed by atoms with Crippen LogP contribution >= 0.6 is 15.9 Å². The first-order valence-corrected chi connectivity index (χ1v) is 6.38. The minimum absolute atomic E-state index is 0.0649. The highest BCUT2D eigenvalue weighted by Gasteiger charge is 2.27. The molecule has 1 saturated carbocycles. The Kier molecular flexibility index (Phi) is 3.72. The van der Waals surface area contributed by atoms with Crippen molar-refractivity contribution in [1.82, 2.24) is 0 Å². The third-order valence-electron chi connectivity index (χ3n) is 3.05. The van der Waals surface area contributed by atoms with Gasteiger partial charge in [0.15, 0.2) is 5.78 Å². The van der Waals surface area contributed by atoms with Gasteiger partial charge in [-0.2, -0.15) is 0 Å². The summed E-state index contributed by atoms with van der Waals surface area (Å²) >= 11 is 3.18.